The van der Waals surface area contributed by atoms with E-state index in [9.17, 15) is 35.1 Å². The molecule has 7 N–H and O–H groups in total. The molecule has 0 radical (unpaired) electrons. The van der Waals surface area contributed by atoms with Crippen LogP contribution >= 0.6 is 0 Å². The third-order valence-electron chi connectivity index (χ3n) is 16.0. The number of nitrogens with zero attached hydrogens (tertiary/aromatic N) is 5. The van der Waals surface area contributed by atoms with E-state index in [-0.39, 0.29) is 37.2 Å². The molecule has 0 bridgehead atoms. The Labute approximate surface area is 432 Å². The fraction of sp³-hybridized carbons (Fsp3) is 0.811. The van der Waals surface area contributed by atoms with Crippen molar-refractivity contribution in [1.82, 2.24) is 30.3 Å². The molecular weight excluding hydrogens is 945 g/mol. The minimum Gasteiger partial charge on any atom is -0.459 e. The van der Waals surface area contributed by atoms with Gasteiger partial charge in [-0.15, -0.1) is 5.10 Å². The number of methoxy groups -OCH3 is 1. The minimum atomic E-state index is -1.84. The van der Waals surface area contributed by atoms with E-state index >= 15 is 0 Å². The predicted octanol–water partition coefficient (Wildman–Crippen LogP) is 4.19. The van der Waals surface area contributed by atoms with E-state index in [4.69, 9.17) is 33.6 Å². The number of aromatic nitrogens is 3. The van der Waals surface area contributed by atoms with Gasteiger partial charge in [-0.3, -0.25) is 24.4 Å². The summed E-state index contributed by atoms with van der Waals surface area (Å²) in [5.74, 6) is -3.17. The number of hydroxylamine groups is 1. The van der Waals surface area contributed by atoms with Gasteiger partial charge in [0.1, 0.15) is 35.7 Å². The maximum absolute atomic E-state index is 14.5. The monoisotopic (exact) mass is 1030 g/mol. The van der Waals surface area contributed by atoms with E-state index in [2.05, 4.69) is 15.2 Å². The van der Waals surface area contributed by atoms with Crippen LogP contribution in [0.15, 0.2) is 30.5 Å². The van der Waals surface area contributed by atoms with E-state index in [1.54, 1.807) is 47.0 Å². The molecular formula is C53H90N6O14. The Bertz CT molecular complexity index is 2030. The Kier molecular flexibility index (Phi) is 21.8. The highest BCUT2D eigenvalue weighted by molar-refractivity contribution is 5.74. The van der Waals surface area contributed by atoms with Gasteiger partial charge in [-0.25, -0.2) is 5.48 Å². The minimum absolute atomic E-state index is 0.0982. The van der Waals surface area contributed by atoms with Crippen LogP contribution in [0.25, 0.3) is 11.3 Å². The number of amides is 1. The number of aliphatic hydroxyl groups excluding tert-OH is 3. The number of likely N-dealkylation sites (N-methyl/N-ethyl adjacent to an activating group) is 2. The number of aliphatic hydroxyl groups is 5. The first kappa shape index (κ1) is 60.6. The van der Waals surface area contributed by atoms with Gasteiger partial charge in [0.05, 0.1) is 47.7 Å². The average Bonchev–Trinajstić information content (AvgIpc) is 3.82. The fourth-order valence-electron chi connectivity index (χ4n) is 11.4. The van der Waals surface area contributed by atoms with Crippen molar-refractivity contribution in [2.24, 2.45) is 17.8 Å². The summed E-state index contributed by atoms with van der Waals surface area (Å²) in [6.07, 6.45) is -3.53. The maximum atomic E-state index is 14.5. The first-order chi connectivity index (χ1) is 34.3. The van der Waals surface area contributed by atoms with Gasteiger partial charge in [0, 0.05) is 63.2 Å². The number of carbonyl (C=O) groups excluding carboxylic acids is 2. The van der Waals surface area contributed by atoms with Crippen molar-refractivity contribution in [3.8, 4) is 11.3 Å². The second-order valence-corrected chi connectivity index (χ2v) is 22.4. The number of ether oxygens (including phenoxy) is 6. The third kappa shape index (κ3) is 15.3. The van der Waals surface area contributed by atoms with Gasteiger partial charge in [0.2, 0.25) is 5.91 Å². The summed E-state index contributed by atoms with van der Waals surface area (Å²) in [5.41, 5.74) is -0.230. The number of hydrogen-bond acceptors (Lipinski definition) is 18. The van der Waals surface area contributed by atoms with Crippen LogP contribution in [0, 0.1) is 17.8 Å². The Morgan fingerprint density at radius 1 is 0.945 bits per heavy atom. The molecule has 1 amide bonds. The van der Waals surface area contributed by atoms with E-state index in [0.717, 1.165) is 36.1 Å². The van der Waals surface area contributed by atoms with Crippen molar-refractivity contribution in [1.29, 1.82) is 0 Å². The molecule has 20 heteroatoms. The molecule has 73 heavy (non-hydrogen) atoms. The lowest BCUT2D eigenvalue weighted by Crippen LogP contribution is -2.60. The molecule has 20 nitrogen and oxygen atoms in total. The molecule has 3 aliphatic rings. The highest BCUT2D eigenvalue weighted by atomic mass is 16.7. The molecule has 3 saturated heterocycles. The van der Waals surface area contributed by atoms with Crippen LogP contribution in [-0.2, 0) is 51.1 Å². The van der Waals surface area contributed by atoms with Crippen molar-refractivity contribution in [2.45, 2.75) is 230 Å². The summed E-state index contributed by atoms with van der Waals surface area (Å²) in [6, 6.07) is 7.03. The molecule has 2 aromatic rings. The van der Waals surface area contributed by atoms with Crippen molar-refractivity contribution >= 4 is 11.9 Å². The van der Waals surface area contributed by atoms with Gasteiger partial charge in [0.25, 0.3) is 0 Å². The van der Waals surface area contributed by atoms with E-state index in [1.807, 2.05) is 74.9 Å². The summed E-state index contributed by atoms with van der Waals surface area (Å²) in [5, 5.41) is 77.1. The SMILES string of the molecule is CC[C@H]1OC(=O)[C@@H](C)[C@H](O[C@H]2C[C@@](C)(OC)[C@@H](O)[C@H](C)O2)[C@H](C)[C@H](O[C@H]2O[C@@H](C)C[C@@H](N(C)Cc3ccc(-c4cn(CCCCCCC(=O)NO)nn4)cc3)[C@@H]2O)[C@@](C)(O)C[C@H](C)CN(C)[C@@H](C)[C@H](O)[C@@]1(C)O. The zero-order valence-electron chi connectivity index (χ0n) is 45.7. The van der Waals surface area contributed by atoms with Crippen molar-refractivity contribution in [2.75, 3.05) is 27.7 Å². The summed E-state index contributed by atoms with van der Waals surface area (Å²) in [7, 11) is 5.28. The fourth-order valence-corrected chi connectivity index (χ4v) is 11.4. The Morgan fingerprint density at radius 2 is 1.62 bits per heavy atom. The summed E-state index contributed by atoms with van der Waals surface area (Å²) in [6.45, 7) is 19.2. The lowest BCUT2D eigenvalue weighted by atomic mass is 9.77. The number of benzene rings is 1. The molecule has 416 valence electrons. The van der Waals surface area contributed by atoms with Crippen LogP contribution in [0.1, 0.15) is 133 Å². The molecule has 5 rings (SSSR count). The molecule has 3 fully saturated rings. The van der Waals surface area contributed by atoms with Gasteiger partial charge < -0.3 is 58.9 Å². The van der Waals surface area contributed by atoms with E-state index < -0.39 is 102 Å². The number of rotatable bonds is 17. The Hall–Kier alpha value is -3.22. The number of nitrogens with one attached hydrogen (secondary N) is 1. The van der Waals surface area contributed by atoms with Crippen LogP contribution in [0.2, 0.25) is 0 Å². The quantitative estimate of drug-likeness (QED) is 0.0507. The van der Waals surface area contributed by atoms with E-state index in [1.165, 1.54) is 14.0 Å². The van der Waals surface area contributed by atoms with E-state index in [0.29, 0.717) is 38.9 Å². The Morgan fingerprint density at radius 3 is 2.26 bits per heavy atom. The standard InChI is InChI=1S/C53H90N6O14/c1-14-41-53(10,66)46(62)35(6)57(11)28-31(2)26-51(8,65)48(33(4)45(34(5)49(64)71-41)72-43-27-52(9,68-13)47(63)36(7)70-43)73-50-44(61)40(25-32(3)69-50)58(12)29-37-20-22-38(23-21-37)39-30-59(56-54-39)24-18-16-15-17-19-42(60)55-67/h20-23,30-36,40-41,43-48,50,61-63,65-67H,14-19,24-29H2,1-13H3,(H,55,60)/t31-,32-,33-,34-,35-,36-,40+,41+,43-,44-,45+,46-,47-,48-,50+,51-,52+,53-/m0/s1. The van der Waals surface area contributed by atoms with Crippen molar-refractivity contribution < 1.29 is 68.8 Å². The zero-order chi connectivity index (χ0) is 54.2. The number of unbranched alkanes of at least 4 members (excludes halogenated alkanes) is 3. The summed E-state index contributed by atoms with van der Waals surface area (Å²) >= 11 is 0. The lowest BCUT2D eigenvalue weighted by molar-refractivity contribution is -0.318. The van der Waals surface area contributed by atoms with Gasteiger partial charge >= 0.3 is 5.97 Å². The first-order valence-electron chi connectivity index (χ1n) is 26.5. The topological polar surface area (TPSA) is 260 Å². The number of cyclic esters (lactones) is 1. The van der Waals surface area contributed by atoms with Crippen molar-refractivity contribution in [3.63, 3.8) is 0 Å². The van der Waals surface area contributed by atoms with Crippen LogP contribution < -0.4 is 5.48 Å². The highest BCUT2D eigenvalue weighted by Gasteiger charge is 2.53. The number of aryl methyl sites for hydroxylation is 1. The summed E-state index contributed by atoms with van der Waals surface area (Å²) in [4.78, 5) is 29.7. The molecule has 0 unspecified atom stereocenters. The van der Waals surface area contributed by atoms with Gasteiger partial charge in [-0.2, -0.15) is 0 Å². The second kappa shape index (κ2) is 26.2. The van der Waals surface area contributed by atoms with Crippen LogP contribution in [0.5, 0.6) is 0 Å². The largest absolute Gasteiger partial charge is 0.459 e. The molecule has 0 saturated carbocycles. The molecule has 18 atom stereocenters. The average molecular weight is 1040 g/mol. The smallest absolute Gasteiger partial charge is 0.311 e. The number of hydrogen-bond donors (Lipinski definition) is 7. The highest BCUT2D eigenvalue weighted by Crippen LogP contribution is 2.40. The molecule has 1 aromatic carbocycles. The first-order valence-corrected chi connectivity index (χ1v) is 26.5. The molecule has 3 aliphatic heterocycles. The van der Waals surface area contributed by atoms with Crippen LogP contribution in [-0.4, -0.2) is 185 Å². The second-order valence-electron chi connectivity index (χ2n) is 22.4. The molecule has 0 spiro atoms. The third-order valence-corrected chi connectivity index (χ3v) is 16.0. The van der Waals surface area contributed by atoms with Gasteiger partial charge in [-0.1, -0.05) is 63.1 Å². The normalized spacial score (nSPS) is 38.6. The number of carbonyl (C=O) groups is 2. The molecule has 1 aromatic heterocycles. The van der Waals surface area contributed by atoms with Gasteiger partial charge in [0.15, 0.2) is 12.6 Å². The molecule has 4 heterocycles. The lowest BCUT2D eigenvalue weighted by Gasteiger charge is -2.49. The Balaban J connectivity index is 1.40. The van der Waals surface area contributed by atoms with Crippen LogP contribution in [0.4, 0.5) is 0 Å². The summed E-state index contributed by atoms with van der Waals surface area (Å²) < 4.78 is 40.2. The van der Waals surface area contributed by atoms with Gasteiger partial charge in [-0.05, 0) is 106 Å². The predicted molar refractivity (Wildman–Crippen MR) is 270 cm³/mol. The molecule has 0 aliphatic carbocycles. The zero-order valence-corrected chi connectivity index (χ0v) is 45.7. The van der Waals surface area contributed by atoms with Crippen LogP contribution in [0.3, 0.4) is 0 Å². The number of esters is 1. The van der Waals surface area contributed by atoms with Crippen molar-refractivity contribution in [3.05, 3.63) is 36.0 Å². The maximum Gasteiger partial charge on any atom is 0.311 e.